The Kier molecular flexibility index (Phi) is 4.25. The van der Waals surface area contributed by atoms with Crippen LogP contribution in [0.5, 0.6) is 0 Å². The molecule has 19 heavy (non-hydrogen) atoms. The number of sulfonamides is 1. The second-order valence-electron chi connectivity index (χ2n) is 5.29. The zero-order valence-electron chi connectivity index (χ0n) is 11.3. The number of hydrogen-bond donors (Lipinski definition) is 2. The number of rotatable bonds is 4. The summed E-state index contributed by atoms with van der Waals surface area (Å²) in [5, 5.41) is 8.59. The Labute approximate surface area is 114 Å². The van der Waals surface area contributed by atoms with E-state index in [4.69, 9.17) is 5.14 Å². The van der Waals surface area contributed by atoms with Crippen molar-refractivity contribution < 1.29 is 8.42 Å². The first-order chi connectivity index (χ1) is 8.86. The summed E-state index contributed by atoms with van der Waals surface area (Å²) >= 11 is 0. The third kappa shape index (κ3) is 3.76. The SMILES string of the molecule is CC1CC(NCc2cccc(S(N)(=O)=O)c2)CN1C. The van der Waals surface area contributed by atoms with Gasteiger partial charge in [0, 0.05) is 25.2 Å². The van der Waals surface area contributed by atoms with Crippen molar-refractivity contribution in [3.05, 3.63) is 29.8 Å². The molecule has 1 aliphatic heterocycles. The summed E-state index contributed by atoms with van der Waals surface area (Å²) in [6.45, 7) is 3.90. The highest BCUT2D eigenvalue weighted by atomic mass is 32.2. The van der Waals surface area contributed by atoms with Gasteiger partial charge in [-0.25, -0.2) is 13.6 Å². The lowest BCUT2D eigenvalue weighted by Gasteiger charge is -2.13. The minimum absolute atomic E-state index is 0.170. The summed E-state index contributed by atoms with van der Waals surface area (Å²) in [4.78, 5) is 2.49. The maximum atomic E-state index is 11.3. The maximum absolute atomic E-state index is 11.3. The van der Waals surface area contributed by atoms with Crippen LogP contribution in [-0.4, -0.2) is 39.0 Å². The van der Waals surface area contributed by atoms with E-state index in [1.807, 2.05) is 6.07 Å². The van der Waals surface area contributed by atoms with Crippen molar-refractivity contribution in [3.8, 4) is 0 Å². The van der Waals surface area contributed by atoms with Gasteiger partial charge in [0.15, 0.2) is 0 Å². The molecule has 0 radical (unpaired) electrons. The number of nitrogens with one attached hydrogen (secondary N) is 1. The fourth-order valence-electron chi connectivity index (χ4n) is 2.44. The smallest absolute Gasteiger partial charge is 0.238 e. The molecule has 0 spiro atoms. The molecule has 1 aliphatic rings. The molecule has 0 bridgehead atoms. The number of nitrogens with two attached hydrogens (primary N) is 1. The zero-order valence-corrected chi connectivity index (χ0v) is 12.2. The normalized spacial score (nSPS) is 24.8. The summed E-state index contributed by atoms with van der Waals surface area (Å²) in [5.41, 5.74) is 0.939. The van der Waals surface area contributed by atoms with Crippen molar-refractivity contribution in [3.63, 3.8) is 0 Å². The molecule has 106 valence electrons. The van der Waals surface area contributed by atoms with E-state index in [2.05, 4.69) is 24.2 Å². The highest BCUT2D eigenvalue weighted by Gasteiger charge is 2.25. The van der Waals surface area contributed by atoms with E-state index in [0.717, 1.165) is 18.5 Å². The second kappa shape index (κ2) is 5.58. The van der Waals surface area contributed by atoms with Crippen LogP contribution < -0.4 is 10.5 Å². The van der Waals surface area contributed by atoms with Crippen LogP contribution in [-0.2, 0) is 16.6 Å². The lowest BCUT2D eigenvalue weighted by Crippen LogP contribution is -2.31. The first-order valence-electron chi connectivity index (χ1n) is 6.41. The van der Waals surface area contributed by atoms with Gasteiger partial charge in [-0.05, 0) is 38.1 Å². The third-order valence-corrected chi connectivity index (χ3v) is 4.62. The van der Waals surface area contributed by atoms with Gasteiger partial charge < -0.3 is 10.2 Å². The molecule has 0 aromatic heterocycles. The number of hydrogen-bond acceptors (Lipinski definition) is 4. The van der Waals surface area contributed by atoms with Crippen molar-refractivity contribution >= 4 is 10.0 Å². The minimum atomic E-state index is -3.62. The van der Waals surface area contributed by atoms with E-state index < -0.39 is 10.0 Å². The molecule has 2 atom stereocenters. The van der Waals surface area contributed by atoms with Crippen LogP contribution in [0.15, 0.2) is 29.2 Å². The average molecular weight is 283 g/mol. The molecule has 1 saturated heterocycles. The fraction of sp³-hybridized carbons (Fsp3) is 0.538. The summed E-state index contributed by atoms with van der Waals surface area (Å²) < 4.78 is 22.6. The first-order valence-corrected chi connectivity index (χ1v) is 7.96. The molecular weight excluding hydrogens is 262 g/mol. The lowest BCUT2D eigenvalue weighted by atomic mass is 10.1. The van der Waals surface area contributed by atoms with Gasteiger partial charge in [-0.15, -0.1) is 0 Å². The van der Waals surface area contributed by atoms with E-state index >= 15 is 0 Å². The largest absolute Gasteiger partial charge is 0.309 e. The Hall–Kier alpha value is -0.950. The summed E-state index contributed by atoms with van der Waals surface area (Å²) in [6, 6.07) is 7.82. The maximum Gasteiger partial charge on any atom is 0.238 e. The van der Waals surface area contributed by atoms with Gasteiger partial charge >= 0.3 is 0 Å². The van der Waals surface area contributed by atoms with Gasteiger partial charge in [0.05, 0.1) is 4.90 Å². The number of likely N-dealkylation sites (tertiary alicyclic amines) is 1. The average Bonchev–Trinajstić information content (AvgIpc) is 2.66. The van der Waals surface area contributed by atoms with Gasteiger partial charge in [-0.2, -0.15) is 0 Å². The molecule has 3 N–H and O–H groups in total. The molecular formula is C13H21N3O2S. The molecule has 0 aliphatic carbocycles. The van der Waals surface area contributed by atoms with Crippen molar-refractivity contribution in [1.82, 2.24) is 10.2 Å². The van der Waals surface area contributed by atoms with Crippen molar-refractivity contribution in [1.29, 1.82) is 0 Å². The van der Waals surface area contributed by atoms with Gasteiger partial charge in [-0.3, -0.25) is 0 Å². The van der Waals surface area contributed by atoms with Crippen LogP contribution in [0.25, 0.3) is 0 Å². The summed E-state index contributed by atoms with van der Waals surface area (Å²) in [5.74, 6) is 0. The summed E-state index contributed by atoms with van der Waals surface area (Å²) in [7, 11) is -1.50. The molecule has 2 rings (SSSR count). The lowest BCUT2D eigenvalue weighted by molar-refractivity contribution is 0.326. The quantitative estimate of drug-likeness (QED) is 0.844. The van der Waals surface area contributed by atoms with Crippen LogP contribution in [0.4, 0.5) is 0 Å². The Morgan fingerprint density at radius 3 is 2.79 bits per heavy atom. The van der Waals surface area contributed by atoms with Crippen LogP contribution in [0.3, 0.4) is 0 Å². The highest BCUT2D eigenvalue weighted by molar-refractivity contribution is 7.89. The number of benzene rings is 1. The first kappa shape index (κ1) is 14.5. The van der Waals surface area contributed by atoms with Crippen LogP contribution in [0, 0.1) is 0 Å². The Balaban J connectivity index is 1.97. The van der Waals surface area contributed by atoms with E-state index in [9.17, 15) is 8.42 Å². The second-order valence-corrected chi connectivity index (χ2v) is 6.86. The van der Waals surface area contributed by atoms with Crippen LogP contribution in [0.1, 0.15) is 18.9 Å². The van der Waals surface area contributed by atoms with Crippen molar-refractivity contribution in [2.24, 2.45) is 5.14 Å². The van der Waals surface area contributed by atoms with Crippen LogP contribution >= 0.6 is 0 Å². The van der Waals surface area contributed by atoms with E-state index in [-0.39, 0.29) is 4.90 Å². The van der Waals surface area contributed by atoms with Gasteiger partial charge in [-0.1, -0.05) is 12.1 Å². The summed E-state index contributed by atoms with van der Waals surface area (Å²) in [6.07, 6.45) is 1.12. The van der Waals surface area contributed by atoms with E-state index in [1.54, 1.807) is 12.1 Å². The van der Waals surface area contributed by atoms with Crippen molar-refractivity contribution in [2.45, 2.75) is 36.9 Å². The molecule has 2 unspecified atom stereocenters. The number of nitrogens with zero attached hydrogens (tertiary/aromatic N) is 1. The Morgan fingerprint density at radius 2 is 2.21 bits per heavy atom. The molecule has 0 amide bonds. The molecule has 6 heteroatoms. The number of primary sulfonamides is 1. The van der Waals surface area contributed by atoms with Gasteiger partial charge in [0.2, 0.25) is 10.0 Å². The topological polar surface area (TPSA) is 75.4 Å². The molecule has 0 saturated carbocycles. The predicted molar refractivity (Wildman–Crippen MR) is 75.2 cm³/mol. The molecule has 5 nitrogen and oxygen atoms in total. The van der Waals surface area contributed by atoms with E-state index in [1.165, 1.54) is 6.07 Å². The molecule has 1 fully saturated rings. The highest BCUT2D eigenvalue weighted by Crippen LogP contribution is 2.16. The van der Waals surface area contributed by atoms with E-state index in [0.29, 0.717) is 18.6 Å². The molecule has 1 heterocycles. The Morgan fingerprint density at radius 1 is 1.47 bits per heavy atom. The van der Waals surface area contributed by atoms with Gasteiger partial charge in [0.1, 0.15) is 0 Å². The monoisotopic (exact) mass is 283 g/mol. The standard InChI is InChI=1S/C13H21N3O2S/c1-10-6-12(9-16(10)2)15-8-11-4-3-5-13(7-11)19(14,17)18/h3-5,7,10,12,15H,6,8-9H2,1-2H3,(H2,14,17,18). The van der Waals surface area contributed by atoms with Gasteiger partial charge in [0.25, 0.3) is 0 Å². The van der Waals surface area contributed by atoms with Crippen LogP contribution in [0.2, 0.25) is 0 Å². The van der Waals surface area contributed by atoms with Crippen molar-refractivity contribution in [2.75, 3.05) is 13.6 Å². The predicted octanol–water partition coefficient (Wildman–Crippen LogP) is 0.516. The molecule has 1 aromatic rings. The zero-order chi connectivity index (χ0) is 14.0. The minimum Gasteiger partial charge on any atom is -0.309 e. The molecule has 1 aromatic carbocycles. The number of likely N-dealkylation sites (N-methyl/N-ethyl adjacent to an activating group) is 1. The third-order valence-electron chi connectivity index (χ3n) is 3.71. The Bertz CT molecular complexity index is 535. The fourth-order valence-corrected chi connectivity index (χ4v) is 3.02.